The van der Waals surface area contributed by atoms with Crippen LogP contribution in [0.1, 0.15) is 32.7 Å². The van der Waals surface area contributed by atoms with E-state index >= 15 is 0 Å². The summed E-state index contributed by atoms with van der Waals surface area (Å²) in [6.07, 6.45) is -4.82. The zero-order valence-electron chi connectivity index (χ0n) is 15.6. The highest BCUT2D eigenvalue weighted by molar-refractivity contribution is 7.80. The van der Waals surface area contributed by atoms with E-state index in [0.29, 0.717) is 5.56 Å². The highest BCUT2D eigenvalue weighted by atomic mass is 32.1. The molecule has 2 aromatic carbocycles. The van der Waals surface area contributed by atoms with Crippen LogP contribution in [-0.4, -0.2) is 27.6 Å². The Balaban J connectivity index is 1.62. The summed E-state index contributed by atoms with van der Waals surface area (Å²) in [7, 11) is 0. The maximum Gasteiger partial charge on any atom is 0.471 e. The van der Waals surface area contributed by atoms with Gasteiger partial charge in [-0.25, -0.2) is 4.39 Å². The van der Waals surface area contributed by atoms with Gasteiger partial charge in [-0.05, 0) is 23.8 Å². The summed E-state index contributed by atoms with van der Waals surface area (Å²) in [5, 5.41) is 2.21. The third kappa shape index (κ3) is 4.11. The number of benzene rings is 2. The first-order chi connectivity index (χ1) is 15.0. The number of thiol groups is 1. The fraction of sp³-hybridized carbons (Fsp3) is 0.211. The number of fused-ring (bicyclic) bond motifs is 1. The predicted molar refractivity (Wildman–Crippen MR) is 99.4 cm³/mol. The van der Waals surface area contributed by atoms with Crippen molar-refractivity contribution in [3.8, 4) is 17.1 Å². The van der Waals surface area contributed by atoms with E-state index < -0.39 is 41.5 Å². The Bertz CT molecular complexity index is 1180. The Hall–Kier alpha value is -3.22. The number of amides is 1. The molecule has 0 bridgehead atoms. The van der Waals surface area contributed by atoms with Crippen molar-refractivity contribution in [2.24, 2.45) is 0 Å². The minimum Gasteiger partial charge on any atom is -0.434 e. The van der Waals surface area contributed by atoms with Crippen LogP contribution in [0.2, 0.25) is 0 Å². The van der Waals surface area contributed by atoms with Crippen LogP contribution in [0.25, 0.3) is 11.4 Å². The molecule has 1 aromatic heterocycles. The molecule has 1 amide bonds. The molecule has 0 N–H and O–H groups in total. The molecule has 0 fully saturated rings. The number of hydrogen-bond donors (Lipinski definition) is 1. The quantitative estimate of drug-likeness (QED) is 0.412. The lowest BCUT2D eigenvalue weighted by Crippen LogP contribution is -2.26. The lowest BCUT2D eigenvalue weighted by Gasteiger charge is -2.25. The number of hydrogen-bond acceptors (Lipinski definition) is 6. The summed E-state index contributed by atoms with van der Waals surface area (Å²) in [5.74, 6) is -3.76. The predicted octanol–water partition coefficient (Wildman–Crippen LogP) is 5.08. The molecule has 1 atom stereocenters. The molecular weight excluding hydrogens is 464 g/mol. The Labute approximate surface area is 181 Å². The molecule has 0 unspecified atom stereocenters. The van der Waals surface area contributed by atoms with Crippen molar-refractivity contribution in [3.05, 3.63) is 64.8 Å². The highest BCUT2D eigenvalue weighted by Gasteiger charge is 2.39. The van der Waals surface area contributed by atoms with Gasteiger partial charge in [-0.3, -0.25) is 4.79 Å². The summed E-state index contributed by atoms with van der Waals surface area (Å²) in [6.45, 7) is -3.20. The Kier molecular flexibility index (Phi) is 5.53. The Morgan fingerprint density at radius 1 is 1.16 bits per heavy atom. The molecule has 6 nitrogen and oxygen atoms in total. The van der Waals surface area contributed by atoms with Crippen LogP contribution < -0.4 is 4.74 Å². The third-order valence-corrected chi connectivity index (χ3v) is 5.19. The number of ether oxygens (including phenoxy) is 1. The maximum atomic E-state index is 13.5. The molecule has 1 aliphatic rings. The molecule has 4 rings (SSSR count). The smallest absolute Gasteiger partial charge is 0.434 e. The topological polar surface area (TPSA) is 68.5 Å². The minimum atomic E-state index is -4.82. The van der Waals surface area contributed by atoms with Crippen LogP contribution in [0.5, 0.6) is 5.75 Å². The van der Waals surface area contributed by atoms with Crippen molar-refractivity contribution >= 4 is 18.5 Å². The molecule has 3 aromatic rings. The summed E-state index contributed by atoms with van der Waals surface area (Å²) < 4.78 is 85.5. The lowest BCUT2D eigenvalue weighted by molar-refractivity contribution is -0.159. The monoisotopic (exact) mass is 475 g/mol. The van der Waals surface area contributed by atoms with E-state index in [2.05, 4.69) is 32.0 Å². The number of halogens is 6. The number of carbonyl (C=O) groups is 1. The van der Waals surface area contributed by atoms with Crippen molar-refractivity contribution in [3.63, 3.8) is 0 Å². The average molecular weight is 475 g/mol. The van der Waals surface area contributed by atoms with Gasteiger partial charge in [0.1, 0.15) is 16.9 Å². The minimum absolute atomic E-state index is 0.0220. The first-order valence-electron chi connectivity index (χ1n) is 8.82. The molecule has 0 saturated heterocycles. The van der Waals surface area contributed by atoms with E-state index in [-0.39, 0.29) is 29.1 Å². The van der Waals surface area contributed by atoms with E-state index in [1.54, 1.807) is 0 Å². The van der Waals surface area contributed by atoms with Gasteiger partial charge in [0, 0.05) is 29.3 Å². The van der Waals surface area contributed by atoms with Gasteiger partial charge >= 0.3 is 18.7 Å². The van der Waals surface area contributed by atoms with Crippen LogP contribution in [0.3, 0.4) is 0 Å². The van der Waals surface area contributed by atoms with E-state index in [0.717, 1.165) is 12.1 Å². The zero-order valence-corrected chi connectivity index (χ0v) is 16.5. The Morgan fingerprint density at radius 2 is 1.91 bits per heavy atom. The number of aromatic nitrogens is 2. The Morgan fingerprint density at radius 3 is 2.56 bits per heavy atom. The van der Waals surface area contributed by atoms with Gasteiger partial charge in [-0.15, -0.1) is 12.6 Å². The van der Waals surface area contributed by atoms with Gasteiger partial charge in [-0.1, -0.05) is 17.3 Å². The second kappa shape index (κ2) is 8.04. The molecule has 0 aliphatic carbocycles. The molecule has 0 radical (unpaired) electrons. The van der Waals surface area contributed by atoms with Gasteiger partial charge in [-0.2, -0.15) is 26.9 Å². The molecule has 13 heteroatoms. The van der Waals surface area contributed by atoms with Gasteiger partial charge in [0.2, 0.25) is 5.82 Å². The first-order valence-corrected chi connectivity index (χ1v) is 9.33. The van der Waals surface area contributed by atoms with Crippen LogP contribution in [0.15, 0.2) is 40.9 Å². The van der Waals surface area contributed by atoms with Gasteiger partial charge in [0.15, 0.2) is 0 Å². The van der Waals surface area contributed by atoms with Crippen molar-refractivity contribution in [2.45, 2.75) is 24.7 Å². The van der Waals surface area contributed by atoms with E-state index in [1.807, 2.05) is 0 Å². The average Bonchev–Trinajstić information content (AvgIpc) is 3.32. The van der Waals surface area contributed by atoms with Crippen LogP contribution in [-0.2, 0) is 12.7 Å². The van der Waals surface area contributed by atoms with Crippen molar-refractivity contribution in [1.29, 1.82) is 0 Å². The van der Waals surface area contributed by atoms with Crippen LogP contribution >= 0.6 is 12.6 Å². The molecular formula is C19H11F6N3O3S. The molecule has 32 heavy (non-hydrogen) atoms. The van der Waals surface area contributed by atoms with Crippen molar-refractivity contribution in [1.82, 2.24) is 15.0 Å². The summed E-state index contributed by atoms with van der Waals surface area (Å²) in [4.78, 5) is 17.4. The van der Waals surface area contributed by atoms with E-state index in [9.17, 15) is 31.1 Å². The first kappa shape index (κ1) is 22.0. The van der Waals surface area contributed by atoms with Gasteiger partial charge in [0.25, 0.3) is 5.91 Å². The lowest BCUT2D eigenvalue weighted by atomic mass is 10.1. The van der Waals surface area contributed by atoms with E-state index in [4.69, 9.17) is 0 Å². The zero-order chi connectivity index (χ0) is 23.2. The molecule has 2 heterocycles. The highest BCUT2D eigenvalue weighted by Crippen LogP contribution is 2.39. The third-order valence-electron chi connectivity index (χ3n) is 4.63. The van der Waals surface area contributed by atoms with Crippen molar-refractivity contribution in [2.75, 3.05) is 0 Å². The normalized spacial score (nSPS) is 14.8. The van der Waals surface area contributed by atoms with Crippen molar-refractivity contribution < 1.29 is 40.4 Å². The van der Waals surface area contributed by atoms with Crippen LogP contribution in [0.4, 0.5) is 26.3 Å². The van der Waals surface area contributed by atoms with E-state index in [1.165, 1.54) is 29.2 Å². The fourth-order valence-corrected chi connectivity index (χ4v) is 3.60. The molecule has 168 valence electrons. The second-order valence-electron chi connectivity index (χ2n) is 6.66. The summed E-state index contributed by atoms with van der Waals surface area (Å²) in [6, 6.07) is 7.14. The number of rotatable bonds is 5. The number of carbonyl (C=O) groups excluding carboxylic acids is 1. The van der Waals surface area contributed by atoms with Gasteiger partial charge < -0.3 is 14.2 Å². The summed E-state index contributed by atoms with van der Waals surface area (Å²) >= 11 is 4.33. The number of alkyl halides is 5. The molecule has 0 saturated carbocycles. The largest absolute Gasteiger partial charge is 0.471 e. The fourth-order valence-electron chi connectivity index (χ4n) is 3.20. The number of nitrogens with zero attached hydrogens (tertiary/aromatic N) is 3. The maximum absolute atomic E-state index is 13.5. The van der Waals surface area contributed by atoms with Crippen LogP contribution in [0, 0.1) is 5.82 Å². The SMILES string of the molecule is O=C1c2cc(-c3noc(C(F)(F)F)n3)ccc2CN1[C@@H](S)c1ccc(F)cc1OC(F)F. The standard InChI is InChI=1S/C19H11F6N3O3S/c20-10-3-4-11(13(6-10)30-18(21)22)16(32)28-7-9-2-1-8(5-12(9)15(28)29)14-26-17(31-27-14)19(23,24)25/h1-6,16,18,32H,7H2/t16-/m0/s1. The second-order valence-corrected chi connectivity index (χ2v) is 7.15. The van der Waals surface area contributed by atoms with Gasteiger partial charge in [0.05, 0.1) is 0 Å². The molecule has 0 spiro atoms. The summed E-state index contributed by atoms with van der Waals surface area (Å²) in [5.41, 5.74) is 0.788. The molecule has 1 aliphatic heterocycles.